The van der Waals surface area contributed by atoms with Gasteiger partial charge in [-0.05, 0) is 6.92 Å². The Morgan fingerprint density at radius 2 is 2.40 bits per heavy atom. The van der Waals surface area contributed by atoms with Gasteiger partial charge in [0.2, 0.25) is 5.78 Å². The number of hydrogen-bond donors (Lipinski definition) is 1. The molecule has 1 aliphatic rings. The molecule has 5 nitrogen and oxygen atoms in total. The fraction of sp³-hybridized carbons (Fsp3) is 0.500. The summed E-state index contributed by atoms with van der Waals surface area (Å²) < 4.78 is 4.48. The van der Waals surface area contributed by atoms with Crippen LogP contribution in [0.1, 0.15) is 8.35 Å². The number of allylic oxidation sites excluding steroid dienone is 1. The molecular formula is C12H17N2NaO3S2. The van der Waals surface area contributed by atoms with E-state index in [0.29, 0.717) is 18.1 Å². The Morgan fingerprint density at radius 3 is 2.55 bits per heavy atom. The van der Waals surface area contributed by atoms with Crippen molar-refractivity contribution in [3.8, 4) is 6.07 Å². The Bertz CT molecular complexity index is 384. The zero-order valence-electron chi connectivity index (χ0n) is 12.7. The van der Waals surface area contributed by atoms with E-state index in [2.05, 4.69) is 28.8 Å². The zero-order chi connectivity index (χ0) is 15.1. The minimum Gasteiger partial charge on any atom is -1.00 e. The van der Waals surface area contributed by atoms with E-state index in [0.717, 1.165) is 0 Å². The van der Waals surface area contributed by atoms with Crippen molar-refractivity contribution in [3.63, 3.8) is 0 Å². The van der Waals surface area contributed by atoms with Crippen LogP contribution in [0.5, 0.6) is 0 Å². The molecular weight excluding hydrogens is 307 g/mol. The monoisotopic (exact) mass is 324 g/mol. The van der Waals surface area contributed by atoms with Gasteiger partial charge in [0.25, 0.3) is 6.04 Å². The van der Waals surface area contributed by atoms with Crippen molar-refractivity contribution >= 4 is 36.1 Å². The third-order valence-corrected chi connectivity index (χ3v) is 2.87. The van der Waals surface area contributed by atoms with Crippen LogP contribution in [0, 0.1) is 17.9 Å². The molecule has 0 spiro atoms. The van der Waals surface area contributed by atoms with Gasteiger partial charge in [-0.25, -0.2) is 6.57 Å². The summed E-state index contributed by atoms with van der Waals surface area (Å²) in [7, 11) is 0. The molecule has 20 heavy (non-hydrogen) atoms. The first-order chi connectivity index (χ1) is 9.06. The molecule has 1 fully saturated rings. The van der Waals surface area contributed by atoms with E-state index in [1.165, 1.54) is 6.08 Å². The summed E-state index contributed by atoms with van der Waals surface area (Å²) in [5, 5.41) is 7.51. The molecule has 106 valence electrons. The summed E-state index contributed by atoms with van der Waals surface area (Å²) in [6, 6.07) is 1.37. The van der Waals surface area contributed by atoms with Gasteiger partial charge in [0.1, 0.15) is 0 Å². The van der Waals surface area contributed by atoms with Crippen molar-refractivity contribution in [3.05, 3.63) is 24.1 Å². The van der Waals surface area contributed by atoms with Crippen LogP contribution in [-0.2, 0) is 14.3 Å². The van der Waals surface area contributed by atoms with Crippen molar-refractivity contribution < 1.29 is 45.3 Å². The van der Waals surface area contributed by atoms with Gasteiger partial charge >= 0.3 is 35.5 Å². The van der Waals surface area contributed by atoms with Crippen molar-refractivity contribution in [2.45, 2.75) is 13.0 Å². The minimum absolute atomic E-state index is 0. The fourth-order valence-corrected chi connectivity index (χ4v) is 1.86. The number of Topliss-reactive ketones (excluding diaryl/α,β-unsaturated/α-hetero) is 1. The zero-order valence-corrected chi connectivity index (χ0v) is 15.4. The molecule has 1 unspecified atom stereocenters. The van der Waals surface area contributed by atoms with E-state index in [-0.39, 0.29) is 54.5 Å². The Hall–Kier alpha value is -0.440. The van der Waals surface area contributed by atoms with Crippen LogP contribution in [0.2, 0.25) is 0 Å². The number of carbonyl (C=O) groups excluding carboxylic acids is 2. The van der Waals surface area contributed by atoms with Gasteiger partial charge in [0.05, 0.1) is 29.9 Å². The fourth-order valence-electron chi connectivity index (χ4n) is 0.776. The summed E-state index contributed by atoms with van der Waals surface area (Å²) in [5.74, 6) is 1.28. The van der Waals surface area contributed by atoms with Gasteiger partial charge in [0.15, 0.2) is 0 Å². The maximum absolute atomic E-state index is 10.6. The van der Waals surface area contributed by atoms with Crippen LogP contribution in [0.25, 0.3) is 4.85 Å². The van der Waals surface area contributed by atoms with Crippen LogP contribution in [-0.4, -0.2) is 41.7 Å². The average Bonchev–Trinajstić information content (AvgIpc) is 2.85. The second-order valence-corrected chi connectivity index (χ2v) is 4.27. The number of nitrogens with zero attached hydrogens (tertiary/aromatic N) is 2. The van der Waals surface area contributed by atoms with Crippen LogP contribution < -0.4 is 29.6 Å². The maximum Gasteiger partial charge on any atom is 1.00 e. The van der Waals surface area contributed by atoms with Gasteiger partial charge in [-0.15, -0.1) is 11.8 Å². The summed E-state index contributed by atoms with van der Waals surface area (Å²) in [6.07, 6.45) is 1.18. The van der Waals surface area contributed by atoms with E-state index in [4.69, 9.17) is 11.8 Å². The van der Waals surface area contributed by atoms with Gasteiger partial charge < -0.3 is 11.0 Å². The minimum atomic E-state index is -0.319. The van der Waals surface area contributed by atoms with Crippen molar-refractivity contribution in [2.75, 3.05) is 23.9 Å². The Kier molecular flexibility index (Phi) is 22.8. The summed E-state index contributed by atoms with van der Waals surface area (Å²) in [4.78, 5) is 23.8. The molecule has 1 heterocycles. The molecule has 1 aliphatic heterocycles. The summed E-state index contributed by atoms with van der Waals surface area (Å²) in [6.45, 7) is 11.8. The predicted octanol–water partition coefficient (Wildman–Crippen LogP) is -1.12. The van der Waals surface area contributed by atoms with Gasteiger partial charge in [-0.1, -0.05) is 6.58 Å². The third-order valence-electron chi connectivity index (χ3n) is 1.57. The molecule has 0 amide bonds. The topological polar surface area (TPSA) is 71.5 Å². The molecule has 1 saturated heterocycles. The smallest absolute Gasteiger partial charge is 1.00 e. The molecule has 0 saturated carbocycles. The third kappa shape index (κ3) is 15.6. The molecule has 0 N–H and O–H groups in total. The quantitative estimate of drug-likeness (QED) is 0.229. The van der Waals surface area contributed by atoms with Gasteiger partial charge in [-0.2, -0.15) is 17.9 Å². The Labute approximate surface area is 153 Å². The first-order valence-electron chi connectivity index (χ1n) is 5.31. The number of thiol groups is 1. The van der Waals surface area contributed by atoms with Crippen LogP contribution >= 0.6 is 24.4 Å². The van der Waals surface area contributed by atoms with Crippen LogP contribution in [0.4, 0.5) is 0 Å². The first-order valence-corrected chi connectivity index (χ1v) is 7.10. The van der Waals surface area contributed by atoms with Gasteiger partial charge in [0, 0.05) is 6.08 Å². The molecule has 0 aromatic rings. The maximum atomic E-state index is 10.6. The number of thioether (sulfide) groups is 1. The summed E-state index contributed by atoms with van der Waals surface area (Å²) >= 11 is 5.23. The normalized spacial score (nSPS) is 14.8. The summed E-state index contributed by atoms with van der Waals surface area (Å²) in [5.41, 5.74) is 0. The molecule has 0 bridgehead atoms. The van der Waals surface area contributed by atoms with Crippen molar-refractivity contribution in [2.24, 2.45) is 0 Å². The molecule has 0 radical (unpaired) electrons. The van der Waals surface area contributed by atoms with Crippen LogP contribution in [0.3, 0.4) is 0 Å². The van der Waals surface area contributed by atoms with E-state index in [9.17, 15) is 9.59 Å². The van der Waals surface area contributed by atoms with Crippen LogP contribution in [0.15, 0.2) is 12.7 Å². The number of carbonyl (C=O) groups is 2. The number of ketones is 1. The molecule has 0 aromatic carbocycles. The average molecular weight is 324 g/mol. The Morgan fingerprint density at radius 1 is 1.85 bits per heavy atom. The van der Waals surface area contributed by atoms with Gasteiger partial charge in [-0.3, -0.25) is 9.59 Å². The van der Waals surface area contributed by atoms with E-state index in [1.54, 1.807) is 24.8 Å². The second kappa shape index (κ2) is 18.6. The first kappa shape index (κ1) is 24.6. The second-order valence-electron chi connectivity index (χ2n) is 2.92. The number of nitriles is 1. The number of hydrogen-bond acceptors (Lipinski definition) is 6. The molecule has 1 atom stereocenters. The number of esters is 1. The molecule has 8 heteroatoms. The van der Waals surface area contributed by atoms with Crippen molar-refractivity contribution in [1.82, 2.24) is 0 Å². The Balaban J connectivity index is -0.000000104. The molecule has 0 aliphatic carbocycles. The number of ether oxygens (including phenoxy) is 1. The predicted molar refractivity (Wildman–Crippen MR) is 80.1 cm³/mol. The van der Waals surface area contributed by atoms with Crippen molar-refractivity contribution in [1.29, 1.82) is 5.26 Å². The SMILES string of the molecule is C=CC#N.CCOC(=O)CS.[C-]#[N+]C1CSCC1=O.[H-].[Na+]. The largest absolute Gasteiger partial charge is 1.00 e. The van der Waals surface area contributed by atoms with E-state index in [1.807, 2.05) is 0 Å². The standard InChI is InChI=1S/C5H5NOS.C4H8O2S.C3H3N.Na.H/c1-6-4-2-8-3-5(4)7;1-2-6-4(5)3-7;1-2-3-4;;/h4H,2-3H2;7H,2-3H2,1H3;2H,1H2;;/q;;;+1;-1. The van der Waals surface area contributed by atoms with E-state index < -0.39 is 0 Å². The molecule has 1 rings (SSSR count). The molecule has 0 aromatic heterocycles. The number of rotatable bonds is 2. The van der Waals surface area contributed by atoms with E-state index >= 15 is 0 Å².